The largest absolute Gasteiger partial charge is 0.494 e. The molecule has 0 spiro atoms. The number of nitrogens with zero attached hydrogens (tertiary/aromatic N) is 6. The summed E-state index contributed by atoms with van der Waals surface area (Å²) in [4.78, 5) is 24.1. The number of methoxy groups -OCH3 is 1. The van der Waals surface area contributed by atoms with E-state index in [-0.39, 0.29) is 12.5 Å². The van der Waals surface area contributed by atoms with Gasteiger partial charge in [0.05, 0.1) is 30.4 Å². The summed E-state index contributed by atoms with van der Waals surface area (Å²) in [5, 5.41) is 13.4. The van der Waals surface area contributed by atoms with Crippen molar-refractivity contribution in [2.75, 3.05) is 37.0 Å². The smallest absolute Gasteiger partial charge is 0.214 e. The Hall–Kier alpha value is -3.92. The first kappa shape index (κ1) is 21.0. The number of nitrogens with one attached hydrogen (secondary N) is 1. The number of aliphatic hydroxyl groups excluding tert-OH is 1. The van der Waals surface area contributed by atoms with Crippen molar-refractivity contribution >= 4 is 28.4 Å². The van der Waals surface area contributed by atoms with Crippen LogP contribution in [0.1, 0.15) is 6.42 Å². The van der Waals surface area contributed by atoms with Crippen LogP contribution in [0.2, 0.25) is 0 Å². The van der Waals surface area contributed by atoms with E-state index >= 15 is 0 Å². The summed E-state index contributed by atoms with van der Waals surface area (Å²) in [6.07, 6.45) is 5.85. The quantitative estimate of drug-likeness (QED) is 0.431. The molecule has 1 saturated heterocycles. The lowest BCUT2D eigenvalue weighted by Crippen LogP contribution is -2.22. The number of hydrogen-bond donors (Lipinski definition) is 2. The number of hydrogen-bond acceptors (Lipinski definition) is 9. The van der Waals surface area contributed by atoms with Gasteiger partial charge in [-0.1, -0.05) is 6.07 Å². The van der Waals surface area contributed by atoms with Crippen molar-refractivity contribution in [1.82, 2.24) is 24.9 Å². The minimum Gasteiger partial charge on any atom is -0.494 e. The van der Waals surface area contributed by atoms with Crippen molar-refractivity contribution in [3.8, 4) is 17.1 Å². The van der Waals surface area contributed by atoms with Gasteiger partial charge in [0.25, 0.3) is 0 Å². The van der Waals surface area contributed by atoms with E-state index in [1.54, 1.807) is 43.9 Å². The molecule has 4 aromatic heterocycles. The standard InChI is InChI=1S/C23H22FN7O2/c1-33-17-11-25-10-16-21(17)23(31-8-6-14(12-31)13-32)30-22(27-16)15-5-7-26-20(9-15)29-19-4-2-3-18(24)28-19/h2-5,7,9-11,14,32H,6,8,12-13H2,1H3,(H,26,28,29). The summed E-state index contributed by atoms with van der Waals surface area (Å²) in [5.74, 6) is 2.28. The Labute approximate surface area is 189 Å². The normalized spacial score (nSPS) is 15.7. The summed E-state index contributed by atoms with van der Waals surface area (Å²) in [6.45, 7) is 1.61. The Morgan fingerprint density at radius 3 is 2.88 bits per heavy atom. The fraction of sp³-hybridized carbons (Fsp3) is 0.261. The van der Waals surface area contributed by atoms with Gasteiger partial charge in [0, 0.05) is 37.4 Å². The maximum Gasteiger partial charge on any atom is 0.214 e. The average Bonchev–Trinajstić information content (AvgIpc) is 3.32. The predicted molar refractivity (Wildman–Crippen MR) is 122 cm³/mol. The second kappa shape index (κ2) is 8.91. The summed E-state index contributed by atoms with van der Waals surface area (Å²) in [7, 11) is 1.59. The molecular weight excluding hydrogens is 425 g/mol. The van der Waals surface area contributed by atoms with Crippen LogP contribution >= 0.6 is 0 Å². The molecule has 0 aromatic carbocycles. The fourth-order valence-corrected chi connectivity index (χ4v) is 3.97. The van der Waals surface area contributed by atoms with Gasteiger partial charge in [-0.25, -0.2) is 19.9 Å². The SMILES string of the molecule is COc1cncc2nc(-c3ccnc(Nc4cccc(F)n4)c3)nc(N3CCC(CO)C3)c12. The van der Waals surface area contributed by atoms with Gasteiger partial charge in [0.15, 0.2) is 5.82 Å². The number of aromatic nitrogens is 5. The lowest BCUT2D eigenvalue weighted by molar-refractivity contribution is 0.238. The van der Waals surface area contributed by atoms with Gasteiger partial charge < -0.3 is 20.1 Å². The number of aliphatic hydroxyl groups is 1. The lowest BCUT2D eigenvalue weighted by Gasteiger charge is -2.21. The van der Waals surface area contributed by atoms with Crippen LogP contribution in [0.25, 0.3) is 22.3 Å². The van der Waals surface area contributed by atoms with E-state index in [2.05, 4.69) is 25.2 Å². The minimum absolute atomic E-state index is 0.137. The van der Waals surface area contributed by atoms with Crippen molar-refractivity contribution < 1.29 is 14.2 Å². The molecule has 4 aromatic rings. The van der Waals surface area contributed by atoms with Crippen molar-refractivity contribution in [3.05, 3.63) is 54.9 Å². The number of pyridine rings is 3. The molecule has 9 nitrogen and oxygen atoms in total. The van der Waals surface area contributed by atoms with Gasteiger partial charge in [-0.05, 0) is 30.7 Å². The molecule has 1 fully saturated rings. The highest BCUT2D eigenvalue weighted by molar-refractivity contribution is 5.95. The second-order valence-corrected chi connectivity index (χ2v) is 7.79. The third-order valence-electron chi connectivity index (χ3n) is 5.61. The molecule has 0 bridgehead atoms. The molecule has 0 radical (unpaired) electrons. The van der Waals surface area contributed by atoms with Crippen molar-refractivity contribution in [1.29, 1.82) is 0 Å². The van der Waals surface area contributed by atoms with Crippen LogP contribution in [0, 0.1) is 11.9 Å². The highest BCUT2D eigenvalue weighted by Crippen LogP contribution is 2.36. The summed E-state index contributed by atoms with van der Waals surface area (Å²) in [5.41, 5.74) is 1.38. The number of anilines is 3. The topological polar surface area (TPSA) is 109 Å². The Morgan fingerprint density at radius 1 is 1.18 bits per heavy atom. The summed E-state index contributed by atoms with van der Waals surface area (Å²) < 4.78 is 19.0. The highest BCUT2D eigenvalue weighted by Gasteiger charge is 2.26. The van der Waals surface area contributed by atoms with E-state index in [1.807, 2.05) is 6.07 Å². The number of fused-ring (bicyclic) bond motifs is 1. The van der Waals surface area contributed by atoms with Crippen LogP contribution in [0.5, 0.6) is 5.75 Å². The molecule has 0 aliphatic carbocycles. The first-order chi connectivity index (χ1) is 16.1. The first-order valence-electron chi connectivity index (χ1n) is 10.6. The molecule has 1 atom stereocenters. The minimum atomic E-state index is -0.577. The maximum absolute atomic E-state index is 13.4. The molecule has 5 heterocycles. The van der Waals surface area contributed by atoms with E-state index in [0.717, 1.165) is 29.7 Å². The van der Waals surface area contributed by atoms with Crippen LogP contribution in [0.3, 0.4) is 0 Å². The molecular formula is C23H22FN7O2. The first-order valence-corrected chi connectivity index (χ1v) is 10.6. The lowest BCUT2D eigenvalue weighted by atomic mass is 10.1. The van der Waals surface area contributed by atoms with E-state index in [4.69, 9.17) is 14.7 Å². The Kier molecular flexibility index (Phi) is 5.66. The van der Waals surface area contributed by atoms with Gasteiger partial charge in [0.1, 0.15) is 23.2 Å². The maximum atomic E-state index is 13.4. The van der Waals surface area contributed by atoms with E-state index in [0.29, 0.717) is 35.3 Å². The van der Waals surface area contributed by atoms with Crippen molar-refractivity contribution in [2.24, 2.45) is 5.92 Å². The molecule has 1 aliphatic heterocycles. The van der Waals surface area contributed by atoms with E-state index in [1.165, 1.54) is 6.07 Å². The van der Waals surface area contributed by atoms with E-state index in [9.17, 15) is 9.50 Å². The number of rotatable bonds is 6. The van der Waals surface area contributed by atoms with Gasteiger partial charge in [-0.3, -0.25) is 4.98 Å². The van der Waals surface area contributed by atoms with E-state index < -0.39 is 5.95 Å². The zero-order valence-electron chi connectivity index (χ0n) is 17.9. The second-order valence-electron chi connectivity index (χ2n) is 7.79. The molecule has 0 amide bonds. The average molecular weight is 447 g/mol. The number of ether oxygens (including phenoxy) is 1. The Morgan fingerprint density at radius 2 is 2.09 bits per heavy atom. The van der Waals surface area contributed by atoms with Crippen LogP contribution in [0.15, 0.2) is 48.9 Å². The molecule has 2 N–H and O–H groups in total. The number of halogens is 1. The molecule has 10 heteroatoms. The Balaban J connectivity index is 1.57. The molecule has 168 valence electrons. The molecule has 1 unspecified atom stereocenters. The molecule has 5 rings (SSSR count). The van der Waals surface area contributed by atoms with Crippen LogP contribution in [-0.4, -0.2) is 56.8 Å². The summed E-state index contributed by atoms with van der Waals surface area (Å²) in [6, 6.07) is 8.10. The molecule has 33 heavy (non-hydrogen) atoms. The third kappa shape index (κ3) is 4.24. The van der Waals surface area contributed by atoms with Crippen molar-refractivity contribution in [3.63, 3.8) is 0 Å². The van der Waals surface area contributed by atoms with Gasteiger partial charge in [-0.15, -0.1) is 0 Å². The molecule has 0 saturated carbocycles. The molecule has 1 aliphatic rings. The zero-order valence-corrected chi connectivity index (χ0v) is 17.9. The predicted octanol–water partition coefficient (Wildman–Crippen LogP) is 3.19. The zero-order chi connectivity index (χ0) is 22.8. The van der Waals surface area contributed by atoms with Gasteiger partial charge >= 0.3 is 0 Å². The van der Waals surface area contributed by atoms with Crippen LogP contribution in [0.4, 0.5) is 21.8 Å². The highest BCUT2D eigenvalue weighted by atomic mass is 19.1. The third-order valence-corrected chi connectivity index (χ3v) is 5.61. The van der Waals surface area contributed by atoms with Crippen LogP contribution in [-0.2, 0) is 0 Å². The van der Waals surface area contributed by atoms with Crippen LogP contribution < -0.4 is 15.0 Å². The van der Waals surface area contributed by atoms with Gasteiger partial charge in [-0.2, -0.15) is 4.39 Å². The fourth-order valence-electron chi connectivity index (χ4n) is 3.97. The Bertz CT molecular complexity index is 1300. The van der Waals surface area contributed by atoms with Gasteiger partial charge in [0.2, 0.25) is 5.95 Å². The monoisotopic (exact) mass is 447 g/mol. The summed E-state index contributed by atoms with van der Waals surface area (Å²) >= 11 is 0. The van der Waals surface area contributed by atoms with Crippen molar-refractivity contribution in [2.45, 2.75) is 6.42 Å².